The first-order chi connectivity index (χ1) is 15.8. The van der Waals surface area contributed by atoms with Crippen molar-refractivity contribution in [1.82, 2.24) is 15.2 Å². The monoisotopic (exact) mass is 473 g/mol. The average molecular weight is 474 g/mol. The number of Topliss-reactive ketones (excluding diaryl/α,β-unsaturated/α-hetero) is 1. The molecule has 3 aromatic rings. The third-order valence-electron chi connectivity index (χ3n) is 4.71. The molecule has 0 saturated heterocycles. The molecule has 1 unspecified atom stereocenters. The van der Waals surface area contributed by atoms with Crippen LogP contribution in [0.4, 0.5) is 0 Å². The Kier molecular flexibility index (Phi) is 16.4. The van der Waals surface area contributed by atoms with E-state index < -0.39 is 0 Å². The molecule has 0 amide bonds. The Hall–Kier alpha value is -2.66. The predicted octanol–water partition coefficient (Wildman–Crippen LogP) is 8.13. The predicted molar refractivity (Wildman–Crippen MR) is 140 cm³/mol. The van der Waals surface area contributed by atoms with E-state index in [0.29, 0.717) is 17.5 Å². The van der Waals surface area contributed by atoms with Crippen molar-refractivity contribution in [1.29, 1.82) is 0 Å². The lowest BCUT2D eigenvalue weighted by Gasteiger charge is -2.05. The molecule has 0 bridgehead atoms. The molecular weight excluding hydrogens is 434 g/mol. The number of aryl methyl sites for hydroxylation is 1. The molecule has 0 radical (unpaired) electrons. The highest BCUT2D eigenvalue weighted by atomic mass is 35.5. The number of benzene rings is 1. The maximum Gasteiger partial charge on any atom is 0.129 e. The van der Waals surface area contributed by atoms with Gasteiger partial charge in [0, 0.05) is 24.4 Å². The van der Waals surface area contributed by atoms with E-state index in [0.717, 1.165) is 47.7 Å². The van der Waals surface area contributed by atoms with Crippen LogP contribution in [0.15, 0.2) is 48.8 Å². The second kappa shape index (κ2) is 17.8. The number of carbonyl (C=O) groups excluding carboxylic acids is 1. The summed E-state index contributed by atoms with van der Waals surface area (Å²) in [6, 6.07) is 10.9. The van der Waals surface area contributed by atoms with Gasteiger partial charge in [0.2, 0.25) is 0 Å². The number of nitrogens with zero attached hydrogens (tertiary/aromatic N) is 2. The largest absolute Gasteiger partial charge is 0.508 e. The molecule has 182 valence electrons. The van der Waals surface area contributed by atoms with Crippen LogP contribution in [-0.2, 0) is 4.79 Å². The molecule has 1 atom stereocenters. The lowest BCUT2D eigenvalue weighted by Crippen LogP contribution is -1.91. The number of hydrogen-bond acceptors (Lipinski definition) is 4. The summed E-state index contributed by atoms with van der Waals surface area (Å²) in [5.41, 5.74) is 3.98. The minimum atomic E-state index is 0.307. The van der Waals surface area contributed by atoms with E-state index >= 15 is 0 Å². The van der Waals surface area contributed by atoms with E-state index in [-0.39, 0.29) is 0 Å². The van der Waals surface area contributed by atoms with Crippen LogP contribution in [0.2, 0.25) is 5.02 Å². The number of halogens is 1. The Morgan fingerprint density at radius 3 is 2.09 bits per heavy atom. The van der Waals surface area contributed by atoms with Gasteiger partial charge in [-0.15, -0.1) is 0 Å². The van der Waals surface area contributed by atoms with Gasteiger partial charge in [0.1, 0.15) is 17.2 Å². The highest BCUT2D eigenvalue weighted by Crippen LogP contribution is 2.32. The Morgan fingerprint density at radius 2 is 1.67 bits per heavy atom. The molecule has 33 heavy (non-hydrogen) atoms. The normalized spacial score (nSPS) is 10.4. The van der Waals surface area contributed by atoms with Gasteiger partial charge in [0.25, 0.3) is 0 Å². The summed E-state index contributed by atoms with van der Waals surface area (Å²) in [6.45, 7) is 14.0. The van der Waals surface area contributed by atoms with E-state index in [1.165, 1.54) is 5.56 Å². The van der Waals surface area contributed by atoms with Gasteiger partial charge in [-0.3, -0.25) is 10.1 Å². The Morgan fingerprint density at radius 1 is 1.09 bits per heavy atom. The summed E-state index contributed by atoms with van der Waals surface area (Å²) in [7, 11) is 0. The van der Waals surface area contributed by atoms with Crippen LogP contribution in [0.25, 0.3) is 11.3 Å². The van der Waals surface area contributed by atoms with Crippen molar-refractivity contribution in [2.75, 3.05) is 0 Å². The smallest absolute Gasteiger partial charge is 0.129 e. The zero-order valence-corrected chi connectivity index (χ0v) is 21.9. The zero-order chi connectivity index (χ0) is 25.2. The van der Waals surface area contributed by atoms with Gasteiger partial charge in [-0.1, -0.05) is 70.3 Å². The van der Waals surface area contributed by atoms with Crippen molar-refractivity contribution in [3.8, 4) is 17.0 Å². The van der Waals surface area contributed by atoms with Crippen LogP contribution in [-0.4, -0.2) is 26.1 Å². The van der Waals surface area contributed by atoms with Crippen LogP contribution in [0.1, 0.15) is 84.4 Å². The van der Waals surface area contributed by atoms with Crippen LogP contribution in [0, 0.1) is 6.92 Å². The SMILES string of the molecule is CC.CCC(C)c1[nH]nc(-c2ccncc2)c1Cl.CCCCC(C)=O.Cc1ccc(O)cc1. The molecule has 0 aliphatic rings. The van der Waals surface area contributed by atoms with Crippen LogP contribution in [0.5, 0.6) is 5.75 Å². The van der Waals surface area contributed by atoms with Crippen molar-refractivity contribution < 1.29 is 9.90 Å². The van der Waals surface area contributed by atoms with E-state index in [9.17, 15) is 4.79 Å². The summed E-state index contributed by atoms with van der Waals surface area (Å²) in [5, 5.41) is 16.8. The Balaban J connectivity index is 0.000000507. The number of H-pyrrole nitrogens is 1. The Bertz CT molecular complexity index is 872. The third kappa shape index (κ3) is 12.2. The standard InChI is InChI=1S/C12H14ClN3.C7H8O.C6H12O.C2H6/c1-3-8(2)11-10(13)12(16-15-11)9-4-6-14-7-5-9;1-6-2-4-7(8)5-3-6;1-3-4-5-6(2)7;1-2/h4-8H,3H2,1-2H3,(H,15,16);2-5,8H,1H3;3-5H2,1-2H3;1-2H3. The molecule has 1 aromatic carbocycles. The van der Waals surface area contributed by atoms with Gasteiger partial charge < -0.3 is 9.90 Å². The number of aromatic hydroxyl groups is 1. The highest BCUT2D eigenvalue weighted by Gasteiger charge is 2.16. The third-order valence-corrected chi connectivity index (χ3v) is 5.09. The average Bonchev–Trinajstić information content (AvgIpc) is 3.23. The van der Waals surface area contributed by atoms with Crippen LogP contribution >= 0.6 is 11.6 Å². The van der Waals surface area contributed by atoms with Crippen molar-refractivity contribution >= 4 is 17.4 Å². The number of unbranched alkanes of at least 4 members (excludes halogenated alkanes) is 1. The zero-order valence-electron chi connectivity index (χ0n) is 21.2. The van der Waals surface area contributed by atoms with Crippen LogP contribution < -0.4 is 0 Å². The van der Waals surface area contributed by atoms with Crippen molar-refractivity contribution in [3.05, 3.63) is 65.1 Å². The molecule has 0 aliphatic carbocycles. The van der Waals surface area contributed by atoms with Crippen LogP contribution in [0.3, 0.4) is 0 Å². The number of aromatic amines is 1. The summed E-state index contributed by atoms with van der Waals surface area (Å²) in [5.74, 6) is 1.04. The first-order valence-corrected chi connectivity index (χ1v) is 12.1. The number of aromatic nitrogens is 3. The van der Waals surface area contributed by atoms with Gasteiger partial charge in [-0.25, -0.2) is 0 Å². The molecule has 2 heterocycles. The van der Waals surface area contributed by atoms with Crippen molar-refractivity contribution in [2.45, 2.75) is 80.1 Å². The van der Waals surface area contributed by atoms with Gasteiger partial charge in [0.15, 0.2) is 0 Å². The number of rotatable bonds is 6. The fraction of sp³-hybridized carbons (Fsp3) is 0.444. The molecular formula is C27H40ClN3O2. The minimum Gasteiger partial charge on any atom is -0.508 e. The number of hydrogen-bond donors (Lipinski definition) is 2. The van der Waals surface area contributed by atoms with E-state index in [1.54, 1.807) is 31.5 Å². The summed E-state index contributed by atoms with van der Waals surface area (Å²) >= 11 is 6.32. The quantitative estimate of drug-likeness (QED) is 0.378. The van der Waals surface area contributed by atoms with E-state index in [2.05, 4.69) is 36.0 Å². The molecule has 0 fully saturated rings. The van der Waals surface area contributed by atoms with Gasteiger partial charge in [-0.05, 0) is 56.9 Å². The maximum absolute atomic E-state index is 10.2. The number of ketones is 1. The Labute approximate surface area is 204 Å². The van der Waals surface area contributed by atoms with Crippen molar-refractivity contribution in [3.63, 3.8) is 0 Å². The number of nitrogens with one attached hydrogen (secondary N) is 1. The molecule has 2 aromatic heterocycles. The maximum atomic E-state index is 10.2. The molecule has 0 spiro atoms. The number of phenols is 1. The molecule has 6 heteroatoms. The molecule has 3 rings (SSSR count). The number of pyridine rings is 1. The van der Waals surface area contributed by atoms with E-state index in [1.807, 2.05) is 45.0 Å². The van der Waals surface area contributed by atoms with Gasteiger partial charge in [-0.2, -0.15) is 5.10 Å². The first-order valence-electron chi connectivity index (χ1n) is 11.7. The van der Waals surface area contributed by atoms with Gasteiger partial charge in [0.05, 0.1) is 10.7 Å². The highest BCUT2D eigenvalue weighted by molar-refractivity contribution is 6.33. The van der Waals surface area contributed by atoms with Crippen molar-refractivity contribution in [2.24, 2.45) is 0 Å². The molecule has 0 saturated carbocycles. The molecule has 2 N–H and O–H groups in total. The number of carbonyl (C=O) groups is 1. The fourth-order valence-electron chi connectivity index (χ4n) is 2.54. The lowest BCUT2D eigenvalue weighted by molar-refractivity contribution is -0.117. The molecule has 5 nitrogen and oxygen atoms in total. The fourth-order valence-corrected chi connectivity index (χ4v) is 2.92. The van der Waals surface area contributed by atoms with E-state index in [4.69, 9.17) is 16.7 Å². The molecule has 0 aliphatic heterocycles. The second-order valence-electron chi connectivity index (χ2n) is 7.49. The second-order valence-corrected chi connectivity index (χ2v) is 7.86. The summed E-state index contributed by atoms with van der Waals surface area (Å²) < 4.78 is 0. The summed E-state index contributed by atoms with van der Waals surface area (Å²) in [6.07, 6.45) is 7.45. The topological polar surface area (TPSA) is 78.9 Å². The first kappa shape index (κ1) is 30.3. The lowest BCUT2D eigenvalue weighted by atomic mass is 10.0. The summed E-state index contributed by atoms with van der Waals surface area (Å²) in [4.78, 5) is 14.2. The minimum absolute atomic E-state index is 0.307. The van der Waals surface area contributed by atoms with Gasteiger partial charge >= 0.3 is 0 Å². The number of phenolic OH excluding ortho intramolecular Hbond substituents is 1.